The number of nitrogens with one attached hydrogen (secondary N) is 3. The third kappa shape index (κ3) is 4.56. The zero-order valence-corrected chi connectivity index (χ0v) is 20.3. The maximum absolute atomic E-state index is 14.1. The Labute approximate surface area is 216 Å². The SMILES string of the molecule is CC1CNCCC1Nc1nc(-c2ccnc(Nc3nc(F)c(F)cc3F)c2)nc2cncc(C3=CC=C3)c12. The Morgan fingerprint density at radius 2 is 1.89 bits per heavy atom. The summed E-state index contributed by atoms with van der Waals surface area (Å²) in [5, 5.41) is 10.6. The second kappa shape index (κ2) is 9.82. The lowest BCUT2D eigenvalue weighted by Gasteiger charge is -2.31. The van der Waals surface area contributed by atoms with Crippen LogP contribution < -0.4 is 16.0 Å². The molecule has 0 spiro atoms. The van der Waals surface area contributed by atoms with Crippen LogP contribution in [0.2, 0.25) is 0 Å². The van der Waals surface area contributed by atoms with Crippen molar-refractivity contribution in [1.82, 2.24) is 30.2 Å². The van der Waals surface area contributed by atoms with Crippen molar-refractivity contribution < 1.29 is 13.2 Å². The maximum atomic E-state index is 14.1. The summed E-state index contributed by atoms with van der Waals surface area (Å²) in [4.78, 5) is 21.6. The lowest BCUT2D eigenvalue weighted by molar-refractivity contribution is 0.368. The van der Waals surface area contributed by atoms with E-state index in [9.17, 15) is 13.2 Å². The van der Waals surface area contributed by atoms with E-state index in [2.05, 4.69) is 37.8 Å². The van der Waals surface area contributed by atoms with Crippen molar-refractivity contribution in [3.05, 3.63) is 78.2 Å². The molecule has 8 nitrogen and oxygen atoms in total. The van der Waals surface area contributed by atoms with Crippen molar-refractivity contribution in [2.24, 2.45) is 5.92 Å². The fraction of sp³-hybridized carbons (Fsp3) is 0.222. The Hall–Kier alpha value is -4.38. The molecule has 38 heavy (non-hydrogen) atoms. The van der Waals surface area contributed by atoms with E-state index in [4.69, 9.17) is 9.97 Å². The highest BCUT2D eigenvalue weighted by molar-refractivity contribution is 6.02. The number of piperidine rings is 1. The molecule has 3 N–H and O–H groups in total. The Morgan fingerprint density at radius 3 is 2.68 bits per heavy atom. The normalized spacial score (nSPS) is 18.7. The molecule has 0 amide bonds. The van der Waals surface area contributed by atoms with Crippen LogP contribution in [0.3, 0.4) is 0 Å². The average molecular weight is 517 g/mol. The average Bonchev–Trinajstić information content (AvgIpc) is 2.88. The van der Waals surface area contributed by atoms with Gasteiger partial charge in [-0.2, -0.15) is 9.37 Å². The molecule has 4 aromatic heterocycles. The van der Waals surface area contributed by atoms with Crippen LogP contribution >= 0.6 is 0 Å². The highest BCUT2D eigenvalue weighted by atomic mass is 19.2. The summed E-state index contributed by atoms with van der Waals surface area (Å²) in [6.07, 6.45) is 12.0. The number of nitrogens with zero attached hydrogens (tertiary/aromatic N) is 5. The van der Waals surface area contributed by atoms with Crippen molar-refractivity contribution in [3.63, 3.8) is 0 Å². The predicted molar refractivity (Wildman–Crippen MR) is 139 cm³/mol. The number of fused-ring (bicyclic) bond motifs is 1. The molecule has 0 aromatic carbocycles. The molecule has 1 aliphatic carbocycles. The maximum Gasteiger partial charge on any atom is 0.251 e. The van der Waals surface area contributed by atoms with E-state index < -0.39 is 23.4 Å². The van der Waals surface area contributed by atoms with Gasteiger partial charge in [0, 0.05) is 35.6 Å². The molecule has 5 heterocycles. The first-order chi connectivity index (χ1) is 18.5. The van der Waals surface area contributed by atoms with E-state index in [1.807, 2.05) is 24.4 Å². The molecule has 0 saturated carbocycles. The molecule has 11 heteroatoms. The fourth-order valence-electron chi connectivity index (χ4n) is 4.60. The van der Waals surface area contributed by atoms with Crippen LogP contribution in [0.1, 0.15) is 18.9 Å². The third-order valence-corrected chi connectivity index (χ3v) is 6.73. The van der Waals surface area contributed by atoms with Gasteiger partial charge in [-0.25, -0.2) is 23.7 Å². The Kier molecular flexibility index (Phi) is 6.20. The minimum atomic E-state index is -1.41. The monoisotopic (exact) mass is 516 g/mol. The van der Waals surface area contributed by atoms with E-state index in [1.54, 1.807) is 18.3 Å². The number of halogens is 3. The molecule has 2 unspecified atom stereocenters. The third-order valence-electron chi connectivity index (χ3n) is 6.73. The van der Waals surface area contributed by atoms with E-state index >= 15 is 0 Å². The standard InChI is InChI=1S/C27H23F3N8/c1-14-11-31-7-6-20(14)34-27-23-17(15-3-2-4-15)12-32-13-21(23)35-25(38-27)16-5-8-33-22(9-16)36-26-19(29)10-18(28)24(30)37-26/h2-5,8-10,12-14,20,31H,6-7,11H2,1H3,(H,33,36,37)(H,34,35,38). The molecule has 192 valence electrons. The van der Waals surface area contributed by atoms with Gasteiger partial charge < -0.3 is 16.0 Å². The van der Waals surface area contributed by atoms with Crippen LogP contribution in [0.5, 0.6) is 0 Å². The largest absolute Gasteiger partial charge is 0.366 e. The van der Waals surface area contributed by atoms with Crippen molar-refractivity contribution in [2.75, 3.05) is 23.7 Å². The Morgan fingerprint density at radius 1 is 1.03 bits per heavy atom. The van der Waals surface area contributed by atoms with Gasteiger partial charge in [-0.15, -0.1) is 0 Å². The number of anilines is 3. The summed E-state index contributed by atoms with van der Waals surface area (Å²) in [6, 6.07) is 3.95. The number of hydrogen-bond donors (Lipinski definition) is 3. The van der Waals surface area contributed by atoms with Gasteiger partial charge in [0.05, 0.1) is 17.1 Å². The van der Waals surface area contributed by atoms with Crippen LogP contribution in [-0.4, -0.2) is 44.1 Å². The van der Waals surface area contributed by atoms with Crippen LogP contribution in [0, 0.1) is 23.5 Å². The Bertz CT molecular complexity index is 1600. The van der Waals surface area contributed by atoms with Gasteiger partial charge in [0.2, 0.25) is 0 Å². The summed E-state index contributed by atoms with van der Waals surface area (Å²) in [5.74, 6) is -2.65. The van der Waals surface area contributed by atoms with Gasteiger partial charge in [-0.1, -0.05) is 25.2 Å². The second-order valence-electron chi connectivity index (χ2n) is 9.33. The van der Waals surface area contributed by atoms with E-state index in [-0.39, 0.29) is 11.9 Å². The molecule has 2 atom stereocenters. The molecule has 1 fully saturated rings. The molecule has 6 rings (SSSR count). The molecule has 0 radical (unpaired) electrons. The molecule has 0 bridgehead atoms. The smallest absolute Gasteiger partial charge is 0.251 e. The lowest BCUT2D eigenvalue weighted by atomic mass is 9.94. The van der Waals surface area contributed by atoms with Gasteiger partial charge in [0.15, 0.2) is 23.3 Å². The van der Waals surface area contributed by atoms with Crippen molar-refractivity contribution in [1.29, 1.82) is 0 Å². The van der Waals surface area contributed by atoms with Gasteiger partial charge in [-0.3, -0.25) is 4.98 Å². The number of hydrogen-bond acceptors (Lipinski definition) is 8. The quantitative estimate of drug-likeness (QED) is 0.308. The van der Waals surface area contributed by atoms with Gasteiger partial charge in [-0.05, 0) is 43.1 Å². The fourth-order valence-corrected chi connectivity index (χ4v) is 4.60. The summed E-state index contributed by atoms with van der Waals surface area (Å²) in [5.41, 5.74) is 3.24. The summed E-state index contributed by atoms with van der Waals surface area (Å²) >= 11 is 0. The number of allylic oxidation sites excluding steroid dienone is 4. The molecule has 4 aromatic rings. The van der Waals surface area contributed by atoms with E-state index in [1.165, 1.54) is 6.20 Å². The topological polar surface area (TPSA) is 101 Å². The van der Waals surface area contributed by atoms with Gasteiger partial charge >= 0.3 is 0 Å². The van der Waals surface area contributed by atoms with Crippen molar-refractivity contribution >= 4 is 33.9 Å². The first kappa shape index (κ1) is 24.0. The second-order valence-corrected chi connectivity index (χ2v) is 9.33. The zero-order valence-electron chi connectivity index (χ0n) is 20.3. The summed E-state index contributed by atoms with van der Waals surface area (Å²) in [6.45, 7) is 4.01. The number of pyridine rings is 3. The lowest BCUT2D eigenvalue weighted by Crippen LogP contribution is -2.42. The minimum absolute atomic E-state index is 0.168. The first-order valence-electron chi connectivity index (χ1n) is 12.2. The predicted octanol–water partition coefficient (Wildman–Crippen LogP) is 5.01. The number of aromatic nitrogens is 5. The summed E-state index contributed by atoms with van der Waals surface area (Å²) in [7, 11) is 0. The minimum Gasteiger partial charge on any atom is -0.366 e. The van der Waals surface area contributed by atoms with Crippen LogP contribution in [0.4, 0.5) is 30.6 Å². The first-order valence-corrected chi connectivity index (χ1v) is 12.2. The number of rotatable bonds is 6. The van der Waals surface area contributed by atoms with Crippen LogP contribution in [-0.2, 0) is 0 Å². The summed E-state index contributed by atoms with van der Waals surface area (Å²) < 4.78 is 41.0. The molecular weight excluding hydrogens is 493 g/mol. The van der Waals surface area contributed by atoms with Crippen molar-refractivity contribution in [3.8, 4) is 11.4 Å². The van der Waals surface area contributed by atoms with Crippen LogP contribution in [0.15, 0.2) is 55.0 Å². The van der Waals surface area contributed by atoms with Crippen molar-refractivity contribution in [2.45, 2.75) is 19.4 Å². The molecule has 2 aliphatic rings. The van der Waals surface area contributed by atoms with Crippen LogP contribution in [0.25, 0.3) is 27.9 Å². The highest BCUT2D eigenvalue weighted by Gasteiger charge is 2.24. The highest BCUT2D eigenvalue weighted by Crippen LogP contribution is 2.35. The molecule has 1 aliphatic heterocycles. The molecular formula is C27H23F3N8. The molecule has 1 saturated heterocycles. The van der Waals surface area contributed by atoms with E-state index in [0.717, 1.165) is 36.0 Å². The van der Waals surface area contributed by atoms with Gasteiger partial charge in [0.25, 0.3) is 5.95 Å². The van der Waals surface area contributed by atoms with Gasteiger partial charge in [0.1, 0.15) is 11.6 Å². The van der Waals surface area contributed by atoms with E-state index in [0.29, 0.717) is 34.7 Å². The zero-order chi connectivity index (χ0) is 26.2. The Balaban J connectivity index is 1.42.